The maximum atomic E-state index is 13.1. The van der Waals surface area contributed by atoms with Gasteiger partial charge in [-0.15, -0.1) is 5.11 Å². The standard InChI is InChI=1S/C26H36N6O6/c1-24(2,3)26(6,17-25(4,5)27)23(33)38-15-14-30(7)19-10-8-18(9-11-19)28-29-21-13-12-20(31(34)35)16-22(21)32(36)37/h8-13,16H,14-15,17,27H2,1-7H3. The normalized spacial score (nSPS) is 13.7. The summed E-state index contributed by atoms with van der Waals surface area (Å²) in [5.41, 5.74) is 4.87. The Balaban J connectivity index is 2.04. The minimum Gasteiger partial charge on any atom is -0.463 e. The van der Waals surface area contributed by atoms with Crippen molar-refractivity contribution in [2.45, 2.75) is 53.5 Å². The number of likely N-dealkylation sites (N-methyl/N-ethyl adjacent to an activating group) is 1. The van der Waals surface area contributed by atoms with Crippen molar-refractivity contribution >= 4 is 34.4 Å². The first-order valence-corrected chi connectivity index (χ1v) is 12.1. The largest absolute Gasteiger partial charge is 0.463 e. The van der Waals surface area contributed by atoms with Gasteiger partial charge in [0.25, 0.3) is 5.69 Å². The highest BCUT2D eigenvalue weighted by atomic mass is 16.6. The maximum Gasteiger partial charge on any atom is 0.312 e. The van der Waals surface area contributed by atoms with E-state index in [0.717, 1.165) is 17.8 Å². The van der Waals surface area contributed by atoms with Gasteiger partial charge in [0.05, 0.1) is 33.6 Å². The molecule has 12 heteroatoms. The molecule has 206 valence electrons. The number of carbonyl (C=O) groups is 1. The minimum atomic E-state index is -0.755. The van der Waals surface area contributed by atoms with Crippen LogP contribution in [0, 0.1) is 31.1 Å². The Morgan fingerprint density at radius 1 is 0.974 bits per heavy atom. The van der Waals surface area contributed by atoms with Gasteiger partial charge in [0.2, 0.25) is 0 Å². The van der Waals surface area contributed by atoms with Crippen LogP contribution in [0.1, 0.15) is 48.0 Å². The molecule has 0 aliphatic heterocycles. The second-order valence-electron chi connectivity index (χ2n) is 11.2. The lowest BCUT2D eigenvalue weighted by Crippen LogP contribution is -2.49. The number of carbonyl (C=O) groups excluding carboxylic acids is 1. The third kappa shape index (κ3) is 7.78. The molecule has 2 rings (SSSR count). The molecule has 12 nitrogen and oxygen atoms in total. The van der Waals surface area contributed by atoms with Crippen LogP contribution in [0.25, 0.3) is 0 Å². The highest BCUT2D eigenvalue weighted by Crippen LogP contribution is 2.45. The Kier molecular flexibility index (Phi) is 9.27. The summed E-state index contributed by atoms with van der Waals surface area (Å²) >= 11 is 0. The van der Waals surface area contributed by atoms with E-state index in [1.807, 2.05) is 53.5 Å². The summed E-state index contributed by atoms with van der Waals surface area (Å²) in [4.78, 5) is 35.7. The lowest BCUT2D eigenvalue weighted by atomic mass is 9.63. The van der Waals surface area contributed by atoms with Gasteiger partial charge < -0.3 is 15.4 Å². The highest BCUT2D eigenvalue weighted by molar-refractivity contribution is 5.77. The number of hydrogen-bond acceptors (Lipinski definition) is 10. The van der Waals surface area contributed by atoms with E-state index in [4.69, 9.17) is 10.5 Å². The molecule has 0 radical (unpaired) electrons. The fourth-order valence-electron chi connectivity index (χ4n) is 3.86. The average Bonchev–Trinajstić information content (AvgIpc) is 2.80. The van der Waals surface area contributed by atoms with E-state index in [9.17, 15) is 25.0 Å². The number of rotatable bonds is 11. The highest BCUT2D eigenvalue weighted by Gasteiger charge is 2.47. The van der Waals surface area contributed by atoms with E-state index < -0.39 is 32.2 Å². The van der Waals surface area contributed by atoms with Gasteiger partial charge >= 0.3 is 11.7 Å². The minimum absolute atomic E-state index is 0.0936. The van der Waals surface area contributed by atoms with E-state index in [0.29, 0.717) is 18.7 Å². The van der Waals surface area contributed by atoms with E-state index in [1.54, 1.807) is 24.3 Å². The second-order valence-corrected chi connectivity index (χ2v) is 11.2. The van der Waals surface area contributed by atoms with Crippen LogP contribution in [-0.4, -0.2) is 41.6 Å². The van der Waals surface area contributed by atoms with Crippen LogP contribution in [-0.2, 0) is 9.53 Å². The summed E-state index contributed by atoms with van der Waals surface area (Å²) in [7, 11) is 1.86. The van der Waals surface area contributed by atoms with Gasteiger partial charge in [-0.1, -0.05) is 20.8 Å². The van der Waals surface area contributed by atoms with E-state index in [1.165, 1.54) is 6.07 Å². The summed E-state index contributed by atoms with van der Waals surface area (Å²) in [5, 5.41) is 30.0. The van der Waals surface area contributed by atoms with Crippen molar-refractivity contribution in [3.63, 3.8) is 0 Å². The van der Waals surface area contributed by atoms with Gasteiger partial charge in [0.15, 0.2) is 5.69 Å². The third-order valence-corrected chi connectivity index (χ3v) is 6.51. The van der Waals surface area contributed by atoms with Crippen molar-refractivity contribution in [3.05, 3.63) is 62.7 Å². The van der Waals surface area contributed by atoms with Gasteiger partial charge in [-0.05, 0) is 62.9 Å². The summed E-state index contributed by atoms with van der Waals surface area (Å²) in [6.45, 7) is 12.3. The van der Waals surface area contributed by atoms with E-state index in [-0.39, 0.29) is 23.7 Å². The Bertz CT molecular complexity index is 1200. The number of nitrogens with two attached hydrogens (primary N) is 1. The number of ether oxygens (including phenoxy) is 1. The van der Waals surface area contributed by atoms with E-state index in [2.05, 4.69) is 10.2 Å². The monoisotopic (exact) mass is 528 g/mol. The van der Waals surface area contributed by atoms with E-state index >= 15 is 0 Å². The molecule has 0 aliphatic rings. The van der Waals surface area contributed by atoms with Crippen molar-refractivity contribution in [2.75, 3.05) is 25.1 Å². The lowest BCUT2D eigenvalue weighted by molar-refractivity contribution is -0.393. The molecule has 0 heterocycles. The zero-order valence-electron chi connectivity index (χ0n) is 22.9. The molecule has 2 aromatic carbocycles. The Morgan fingerprint density at radius 3 is 2.08 bits per heavy atom. The number of azo groups is 1. The molecule has 0 amide bonds. The first-order valence-electron chi connectivity index (χ1n) is 12.1. The van der Waals surface area contributed by atoms with Crippen LogP contribution in [0.5, 0.6) is 0 Å². The van der Waals surface area contributed by atoms with Crippen LogP contribution in [0.2, 0.25) is 0 Å². The topological polar surface area (TPSA) is 167 Å². The molecule has 0 bridgehead atoms. The molecule has 1 atom stereocenters. The van der Waals surface area contributed by atoms with Gasteiger partial charge in [0.1, 0.15) is 6.61 Å². The molecule has 0 saturated carbocycles. The van der Waals surface area contributed by atoms with Gasteiger partial charge in [-0.3, -0.25) is 25.0 Å². The number of hydrogen-bond donors (Lipinski definition) is 1. The maximum absolute atomic E-state index is 13.1. The number of esters is 1. The zero-order chi connectivity index (χ0) is 28.9. The molecular weight excluding hydrogens is 492 g/mol. The molecule has 0 aromatic heterocycles. The predicted octanol–water partition coefficient (Wildman–Crippen LogP) is 6.08. The molecule has 1 unspecified atom stereocenters. The molecule has 2 aromatic rings. The fraction of sp³-hybridized carbons (Fsp3) is 0.500. The smallest absolute Gasteiger partial charge is 0.312 e. The average molecular weight is 529 g/mol. The lowest BCUT2D eigenvalue weighted by Gasteiger charge is -2.43. The molecule has 0 aliphatic carbocycles. The number of nitro groups is 2. The first-order chi connectivity index (χ1) is 17.4. The summed E-state index contributed by atoms with van der Waals surface area (Å²) in [6, 6.07) is 10.1. The van der Waals surface area contributed by atoms with Crippen LogP contribution in [0.15, 0.2) is 52.7 Å². The summed E-state index contributed by atoms with van der Waals surface area (Å²) in [5.74, 6) is -0.284. The number of nitrogens with zero attached hydrogens (tertiary/aromatic N) is 5. The van der Waals surface area contributed by atoms with Gasteiger partial charge in [0, 0.05) is 24.3 Å². The SMILES string of the molecule is CN(CCOC(=O)C(C)(CC(C)(C)N)C(C)(C)C)c1ccc(N=Nc2ccc([N+](=O)[O-])cc2[N+](=O)[O-])cc1. The zero-order valence-corrected chi connectivity index (χ0v) is 22.9. The summed E-state index contributed by atoms with van der Waals surface area (Å²) < 4.78 is 5.67. The van der Waals surface area contributed by atoms with Gasteiger partial charge in [-0.25, -0.2) is 0 Å². The molecule has 38 heavy (non-hydrogen) atoms. The Morgan fingerprint density at radius 2 is 1.58 bits per heavy atom. The number of non-ortho nitro benzene ring substituents is 1. The van der Waals surface area contributed by atoms with Gasteiger partial charge in [-0.2, -0.15) is 5.11 Å². The second kappa shape index (κ2) is 11.6. The predicted molar refractivity (Wildman–Crippen MR) is 145 cm³/mol. The van der Waals surface area contributed by atoms with Crippen molar-refractivity contribution in [1.29, 1.82) is 0 Å². The van der Waals surface area contributed by atoms with Crippen LogP contribution < -0.4 is 10.6 Å². The molecule has 0 fully saturated rings. The number of nitro benzene ring substituents is 2. The van der Waals surface area contributed by atoms with Crippen molar-refractivity contribution < 1.29 is 19.4 Å². The van der Waals surface area contributed by atoms with Crippen LogP contribution in [0.3, 0.4) is 0 Å². The Labute approximate surface area is 222 Å². The van der Waals surface area contributed by atoms with Crippen LogP contribution in [0.4, 0.5) is 28.4 Å². The summed E-state index contributed by atoms with van der Waals surface area (Å²) in [6.07, 6.45) is 0.483. The molecule has 0 spiro atoms. The Hall–Kier alpha value is -3.93. The molecule has 2 N–H and O–H groups in total. The van der Waals surface area contributed by atoms with Crippen molar-refractivity contribution in [2.24, 2.45) is 26.8 Å². The van der Waals surface area contributed by atoms with Crippen molar-refractivity contribution in [3.8, 4) is 0 Å². The number of benzene rings is 2. The van der Waals surface area contributed by atoms with Crippen molar-refractivity contribution in [1.82, 2.24) is 0 Å². The number of anilines is 1. The fourth-order valence-corrected chi connectivity index (χ4v) is 3.86. The van der Waals surface area contributed by atoms with Crippen LogP contribution >= 0.6 is 0 Å². The quantitative estimate of drug-likeness (QED) is 0.158. The molecular formula is C26H36N6O6. The third-order valence-electron chi connectivity index (χ3n) is 6.51. The molecule has 0 saturated heterocycles. The first kappa shape index (κ1) is 30.3.